The van der Waals surface area contributed by atoms with Crippen LogP contribution >= 0.6 is 34.9 Å². The quantitative estimate of drug-likeness (QED) is 0.776. The minimum absolute atomic E-state index is 0.425. The van der Waals surface area contributed by atoms with Gasteiger partial charge < -0.3 is 5.73 Å². The number of nitrogens with zero attached hydrogens (tertiary/aromatic N) is 2. The Kier molecular flexibility index (Phi) is 6.44. The second-order valence-corrected chi connectivity index (χ2v) is 7.20. The molecule has 18 heavy (non-hydrogen) atoms. The minimum Gasteiger partial charge on any atom is -0.351 e. The van der Waals surface area contributed by atoms with Gasteiger partial charge in [-0.05, 0) is 13.3 Å². The lowest BCUT2D eigenvalue weighted by Crippen LogP contribution is -2.39. The van der Waals surface area contributed by atoms with E-state index in [4.69, 9.17) is 5.73 Å². The van der Waals surface area contributed by atoms with Crippen molar-refractivity contribution in [2.75, 3.05) is 5.75 Å². The van der Waals surface area contributed by atoms with Crippen molar-refractivity contribution in [3.63, 3.8) is 0 Å². The maximum absolute atomic E-state index is 11.5. The monoisotopic (exact) mass is 306 g/mol. The van der Waals surface area contributed by atoms with Gasteiger partial charge in [-0.1, -0.05) is 41.8 Å². The van der Waals surface area contributed by atoms with Crippen LogP contribution in [0.1, 0.15) is 20.3 Å². The summed E-state index contributed by atoms with van der Waals surface area (Å²) in [6, 6.07) is -0.844. The third-order valence-electron chi connectivity index (χ3n) is 1.71. The number of hydrogen-bond acceptors (Lipinski definition) is 7. The van der Waals surface area contributed by atoms with E-state index in [1.54, 1.807) is 18.7 Å². The van der Waals surface area contributed by atoms with Gasteiger partial charge in [-0.15, -0.1) is 10.2 Å². The van der Waals surface area contributed by atoms with E-state index in [2.05, 4.69) is 17.1 Å². The van der Waals surface area contributed by atoms with Crippen LogP contribution in [0.3, 0.4) is 0 Å². The van der Waals surface area contributed by atoms with Crippen molar-refractivity contribution in [2.24, 2.45) is 5.73 Å². The topological polar surface area (TPSA) is 98.0 Å². The molecule has 1 aromatic rings. The van der Waals surface area contributed by atoms with Gasteiger partial charge in [0, 0.05) is 5.75 Å². The van der Waals surface area contributed by atoms with Crippen LogP contribution in [0.15, 0.2) is 8.68 Å². The van der Waals surface area contributed by atoms with Crippen molar-refractivity contribution < 1.29 is 9.59 Å². The predicted molar refractivity (Wildman–Crippen MR) is 74.0 cm³/mol. The van der Waals surface area contributed by atoms with E-state index in [-0.39, 0.29) is 0 Å². The molecule has 9 heteroatoms. The molecule has 1 rings (SSSR count). The highest BCUT2D eigenvalue weighted by molar-refractivity contribution is 8.03. The van der Waals surface area contributed by atoms with Crippen LogP contribution in [0.5, 0.6) is 0 Å². The number of hydrogen-bond donors (Lipinski definition) is 2. The number of urea groups is 1. The van der Waals surface area contributed by atoms with E-state index in [0.29, 0.717) is 4.34 Å². The van der Waals surface area contributed by atoms with Gasteiger partial charge in [-0.3, -0.25) is 10.1 Å². The molecule has 3 amide bonds. The fourth-order valence-electron chi connectivity index (χ4n) is 0.920. The number of carbonyl (C=O) groups excluding carboxylic acids is 2. The van der Waals surface area contributed by atoms with Gasteiger partial charge in [0.25, 0.3) is 0 Å². The van der Waals surface area contributed by atoms with Crippen LogP contribution in [0, 0.1) is 0 Å². The lowest BCUT2D eigenvalue weighted by atomic mass is 10.4. The van der Waals surface area contributed by atoms with Crippen LogP contribution in [-0.4, -0.2) is 33.1 Å². The van der Waals surface area contributed by atoms with Gasteiger partial charge >= 0.3 is 6.03 Å². The SMILES string of the molecule is CCCSc1nnc(S[C@H](C)C(=O)NC(N)=O)s1. The normalized spacial score (nSPS) is 12.1. The lowest BCUT2D eigenvalue weighted by Gasteiger charge is -2.06. The molecule has 0 aliphatic heterocycles. The highest BCUT2D eigenvalue weighted by atomic mass is 32.2. The zero-order chi connectivity index (χ0) is 13.5. The Labute approximate surface area is 117 Å². The second kappa shape index (κ2) is 7.59. The van der Waals surface area contributed by atoms with Crippen LogP contribution < -0.4 is 11.1 Å². The summed E-state index contributed by atoms with van der Waals surface area (Å²) in [5.74, 6) is 0.572. The van der Waals surface area contributed by atoms with Crippen LogP contribution in [0.25, 0.3) is 0 Å². The summed E-state index contributed by atoms with van der Waals surface area (Å²) in [6.07, 6.45) is 1.07. The molecule has 100 valence electrons. The molecule has 1 aromatic heterocycles. The van der Waals surface area contributed by atoms with Gasteiger partial charge in [0.2, 0.25) is 5.91 Å². The number of carbonyl (C=O) groups is 2. The van der Waals surface area contributed by atoms with Crippen molar-refractivity contribution in [3.8, 4) is 0 Å². The van der Waals surface area contributed by atoms with Crippen molar-refractivity contribution in [1.29, 1.82) is 0 Å². The van der Waals surface area contributed by atoms with E-state index in [9.17, 15) is 9.59 Å². The number of imide groups is 1. The number of rotatable bonds is 6. The van der Waals surface area contributed by atoms with Crippen molar-refractivity contribution >= 4 is 46.8 Å². The molecule has 0 aliphatic carbocycles. The predicted octanol–water partition coefficient (Wildman–Crippen LogP) is 1.72. The summed E-state index contributed by atoms with van der Waals surface area (Å²) in [5.41, 5.74) is 4.87. The molecule has 6 nitrogen and oxygen atoms in total. The summed E-state index contributed by atoms with van der Waals surface area (Å²) in [7, 11) is 0. The van der Waals surface area contributed by atoms with E-state index in [1.165, 1.54) is 23.1 Å². The fourth-order valence-corrected chi connectivity index (χ4v) is 4.01. The zero-order valence-electron chi connectivity index (χ0n) is 10.0. The summed E-state index contributed by atoms with van der Waals surface area (Å²) in [6.45, 7) is 3.78. The largest absolute Gasteiger partial charge is 0.351 e. The molecule has 0 saturated heterocycles. The maximum Gasteiger partial charge on any atom is 0.318 e. The summed E-state index contributed by atoms with van der Waals surface area (Å²) in [4.78, 5) is 22.0. The maximum atomic E-state index is 11.5. The zero-order valence-corrected chi connectivity index (χ0v) is 12.5. The Bertz CT molecular complexity index is 424. The Balaban J connectivity index is 2.48. The van der Waals surface area contributed by atoms with E-state index < -0.39 is 17.2 Å². The van der Waals surface area contributed by atoms with Crippen molar-refractivity contribution in [3.05, 3.63) is 0 Å². The lowest BCUT2D eigenvalue weighted by molar-refractivity contribution is -0.119. The van der Waals surface area contributed by atoms with Crippen LogP contribution in [0.4, 0.5) is 4.79 Å². The smallest absolute Gasteiger partial charge is 0.318 e. The fraction of sp³-hybridized carbons (Fsp3) is 0.556. The number of nitrogens with two attached hydrogens (primary N) is 1. The Morgan fingerprint density at radius 3 is 2.72 bits per heavy atom. The highest BCUT2D eigenvalue weighted by Gasteiger charge is 2.18. The average molecular weight is 306 g/mol. The second-order valence-electron chi connectivity index (χ2n) is 3.30. The molecule has 0 bridgehead atoms. The van der Waals surface area contributed by atoms with Gasteiger partial charge in [-0.2, -0.15) is 0 Å². The first-order valence-electron chi connectivity index (χ1n) is 5.26. The molecule has 0 fully saturated rings. The van der Waals surface area contributed by atoms with Gasteiger partial charge in [0.15, 0.2) is 8.68 Å². The molecule has 0 aliphatic rings. The Hall–Kier alpha value is -0.800. The highest BCUT2D eigenvalue weighted by Crippen LogP contribution is 2.31. The third kappa shape index (κ3) is 5.23. The molecular formula is C9H14N4O2S3. The van der Waals surface area contributed by atoms with Gasteiger partial charge in [0.1, 0.15) is 0 Å². The van der Waals surface area contributed by atoms with E-state index in [0.717, 1.165) is 16.5 Å². The minimum atomic E-state index is -0.844. The third-order valence-corrected chi connectivity index (χ3v) is 5.16. The summed E-state index contributed by atoms with van der Waals surface area (Å²) >= 11 is 4.35. The van der Waals surface area contributed by atoms with Crippen molar-refractivity contribution in [1.82, 2.24) is 15.5 Å². The molecule has 0 unspecified atom stereocenters. The Morgan fingerprint density at radius 2 is 2.11 bits per heavy atom. The number of aromatic nitrogens is 2. The first-order chi connectivity index (χ1) is 8.52. The number of primary amides is 1. The number of amides is 3. The summed E-state index contributed by atoms with van der Waals surface area (Å²) < 4.78 is 1.60. The van der Waals surface area contributed by atoms with Crippen LogP contribution in [0.2, 0.25) is 0 Å². The van der Waals surface area contributed by atoms with Gasteiger partial charge in [-0.25, -0.2) is 4.79 Å². The first-order valence-corrected chi connectivity index (χ1v) is 7.94. The molecule has 0 aromatic carbocycles. The molecule has 1 atom stereocenters. The standard InChI is InChI=1S/C9H14N4O2S3/c1-3-4-16-8-12-13-9(18-8)17-5(2)6(14)11-7(10)15/h5H,3-4H2,1-2H3,(H3,10,11,14,15)/t5-/m1/s1. The number of nitrogens with one attached hydrogen (secondary N) is 1. The molecular weight excluding hydrogens is 292 g/mol. The molecule has 3 N–H and O–H groups in total. The van der Waals surface area contributed by atoms with E-state index >= 15 is 0 Å². The molecule has 0 saturated carbocycles. The van der Waals surface area contributed by atoms with E-state index in [1.807, 2.05) is 5.32 Å². The molecule has 0 spiro atoms. The average Bonchev–Trinajstić information content (AvgIpc) is 2.73. The van der Waals surface area contributed by atoms with Crippen molar-refractivity contribution in [2.45, 2.75) is 34.2 Å². The van der Waals surface area contributed by atoms with Crippen LogP contribution in [-0.2, 0) is 4.79 Å². The number of thioether (sulfide) groups is 2. The Morgan fingerprint density at radius 1 is 1.44 bits per heavy atom. The van der Waals surface area contributed by atoms with Gasteiger partial charge in [0.05, 0.1) is 5.25 Å². The molecule has 0 radical (unpaired) electrons. The molecule has 1 heterocycles. The first kappa shape index (κ1) is 15.3. The summed E-state index contributed by atoms with van der Waals surface area (Å²) in [5, 5.41) is 9.60.